The van der Waals surface area contributed by atoms with Gasteiger partial charge in [0.25, 0.3) is 0 Å². The van der Waals surface area contributed by atoms with E-state index in [1.54, 1.807) is 12.1 Å². The van der Waals surface area contributed by atoms with Crippen molar-refractivity contribution < 1.29 is 9.18 Å². The molecule has 120 valence electrons. The molecular formula is C18H20FN3O. The van der Waals surface area contributed by atoms with E-state index in [9.17, 15) is 9.18 Å². The lowest BCUT2D eigenvalue weighted by Crippen LogP contribution is -2.38. The van der Waals surface area contributed by atoms with Crippen LogP contribution >= 0.6 is 0 Å². The van der Waals surface area contributed by atoms with Gasteiger partial charge in [0.15, 0.2) is 0 Å². The van der Waals surface area contributed by atoms with E-state index in [1.165, 1.54) is 12.1 Å². The third kappa shape index (κ3) is 3.86. The summed E-state index contributed by atoms with van der Waals surface area (Å²) in [5.74, 6) is -0.287. The van der Waals surface area contributed by atoms with E-state index in [0.717, 1.165) is 37.3 Å². The van der Waals surface area contributed by atoms with Gasteiger partial charge in [0.1, 0.15) is 5.82 Å². The molecule has 1 N–H and O–H groups in total. The number of carbonyl (C=O) groups excluding carboxylic acids is 1. The fourth-order valence-corrected chi connectivity index (χ4v) is 2.90. The molecule has 0 spiro atoms. The molecule has 4 nitrogen and oxygen atoms in total. The Kier molecular flexibility index (Phi) is 4.55. The molecule has 1 fully saturated rings. The van der Waals surface area contributed by atoms with Crippen molar-refractivity contribution in [3.8, 4) is 0 Å². The molecule has 1 saturated heterocycles. The van der Waals surface area contributed by atoms with Crippen LogP contribution in [-0.4, -0.2) is 24.0 Å². The molecule has 1 amide bonds. The van der Waals surface area contributed by atoms with Gasteiger partial charge in [0.05, 0.1) is 0 Å². The minimum Gasteiger partial charge on any atom is -0.371 e. The number of hydrogen-bond acceptors (Lipinski definition) is 3. The van der Waals surface area contributed by atoms with E-state index in [0.29, 0.717) is 5.69 Å². The highest BCUT2D eigenvalue weighted by molar-refractivity contribution is 5.92. The Morgan fingerprint density at radius 2 is 1.91 bits per heavy atom. The van der Waals surface area contributed by atoms with Gasteiger partial charge >= 0.3 is 0 Å². The fourth-order valence-electron chi connectivity index (χ4n) is 2.90. The maximum absolute atomic E-state index is 12.9. The normalized spacial score (nSPS) is 15.5. The molecular weight excluding hydrogens is 293 g/mol. The number of nitrogens with one attached hydrogen (secondary N) is 1. The summed E-state index contributed by atoms with van der Waals surface area (Å²) in [4.78, 5) is 18.8. The fraction of sp³-hybridized carbons (Fsp3) is 0.333. The number of aromatic nitrogens is 1. The number of halogens is 1. The van der Waals surface area contributed by atoms with Gasteiger partial charge in [-0.05, 0) is 56.2 Å². The lowest BCUT2D eigenvalue weighted by molar-refractivity contribution is -0.120. The number of pyridine rings is 1. The smallest absolute Gasteiger partial charge is 0.227 e. The summed E-state index contributed by atoms with van der Waals surface area (Å²) in [5, 5.41) is 2.87. The van der Waals surface area contributed by atoms with Gasteiger partial charge in [-0.25, -0.2) is 4.39 Å². The molecule has 2 heterocycles. The Labute approximate surface area is 135 Å². The Morgan fingerprint density at radius 1 is 1.22 bits per heavy atom. The number of nitrogens with zero attached hydrogens (tertiary/aromatic N) is 2. The summed E-state index contributed by atoms with van der Waals surface area (Å²) in [6, 6.07) is 9.95. The molecule has 0 unspecified atom stereocenters. The van der Waals surface area contributed by atoms with Crippen LogP contribution in [0.5, 0.6) is 0 Å². The highest BCUT2D eigenvalue weighted by Gasteiger charge is 2.25. The topological polar surface area (TPSA) is 45.2 Å². The largest absolute Gasteiger partial charge is 0.371 e. The summed E-state index contributed by atoms with van der Waals surface area (Å²) < 4.78 is 12.9. The number of piperidine rings is 1. The van der Waals surface area contributed by atoms with Crippen LogP contribution < -0.4 is 10.2 Å². The zero-order chi connectivity index (χ0) is 16.2. The molecule has 3 rings (SSSR count). The van der Waals surface area contributed by atoms with Crippen molar-refractivity contribution in [2.24, 2.45) is 5.92 Å². The molecule has 0 aliphatic carbocycles. The molecule has 2 aromatic rings. The minimum atomic E-state index is -0.302. The monoisotopic (exact) mass is 313 g/mol. The van der Waals surface area contributed by atoms with Crippen LogP contribution in [0.4, 0.5) is 15.8 Å². The van der Waals surface area contributed by atoms with Crippen LogP contribution in [0.2, 0.25) is 0 Å². The first-order valence-electron chi connectivity index (χ1n) is 7.86. The Balaban J connectivity index is 1.56. The molecule has 0 bridgehead atoms. The molecule has 1 aliphatic heterocycles. The van der Waals surface area contributed by atoms with Crippen molar-refractivity contribution in [2.45, 2.75) is 19.8 Å². The number of aryl methyl sites for hydroxylation is 1. The standard InChI is InChI=1S/C18H20FN3O/c1-13-12-17(6-9-20-13)22-10-7-14(8-11-22)18(23)21-16-4-2-15(19)3-5-16/h2-6,9,12,14H,7-8,10-11H2,1H3,(H,21,23). The zero-order valence-corrected chi connectivity index (χ0v) is 13.1. The van der Waals surface area contributed by atoms with Gasteiger partial charge in [-0.15, -0.1) is 0 Å². The summed E-state index contributed by atoms with van der Waals surface area (Å²) in [6.45, 7) is 3.68. The van der Waals surface area contributed by atoms with E-state index < -0.39 is 0 Å². The van der Waals surface area contributed by atoms with E-state index in [1.807, 2.05) is 19.2 Å². The summed E-state index contributed by atoms with van der Waals surface area (Å²) in [5.41, 5.74) is 2.80. The van der Waals surface area contributed by atoms with Gasteiger partial charge in [0, 0.05) is 42.3 Å². The molecule has 1 aromatic carbocycles. The predicted octanol–water partition coefficient (Wildman–Crippen LogP) is 3.38. The number of hydrogen-bond donors (Lipinski definition) is 1. The number of anilines is 2. The average molecular weight is 313 g/mol. The summed E-state index contributed by atoms with van der Waals surface area (Å²) >= 11 is 0. The van der Waals surface area contributed by atoms with Crippen molar-refractivity contribution in [1.29, 1.82) is 0 Å². The van der Waals surface area contributed by atoms with Crippen LogP contribution in [0.25, 0.3) is 0 Å². The van der Waals surface area contributed by atoms with Crippen LogP contribution in [0, 0.1) is 18.7 Å². The molecule has 1 aromatic heterocycles. The second-order valence-electron chi connectivity index (χ2n) is 5.91. The number of rotatable bonds is 3. The third-order valence-corrected chi connectivity index (χ3v) is 4.22. The molecule has 5 heteroatoms. The first-order valence-corrected chi connectivity index (χ1v) is 7.86. The Morgan fingerprint density at radius 3 is 2.57 bits per heavy atom. The molecule has 1 aliphatic rings. The average Bonchev–Trinajstić information content (AvgIpc) is 2.57. The molecule has 23 heavy (non-hydrogen) atoms. The summed E-state index contributed by atoms with van der Waals surface area (Å²) in [7, 11) is 0. The van der Waals surface area contributed by atoms with E-state index in [-0.39, 0.29) is 17.6 Å². The van der Waals surface area contributed by atoms with Crippen molar-refractivity contribution in [1.82, 2.24) is 4.98 Å². The van der Waals surface area contributed by atoms with Crippen molar-refractivity contribution in [2.75, 3.05) is 23.3 Å². The number of carbonyl (C=O) groups is 1. The SMILES string of the molecule is Cc1cc(N2CCC(C(=O)Nc3ccc(F)cc3)CC2)ccn1. The highest BCUT2D eigenvalue weighted by Crippen LogP contribution is 2.24. The van der Waals surface area contributed by atoms with Crippen molar-refractivity contribution in [3.63, 3.8) is 0 Å². The van der Waals surface area contributed by atoms with Gasteiger partial charge in [-0.2, -0.15) is 0 Å². The highest BCUT2D eigenvalue weighted by atomic mass is 19.1. The lowest BCUT2D eigenvalue weighted by Gasteiger charge is -2.33. The van der Waals surface area contributed by atoms with Crippen LogP contribution in [0.1, 0.15) is 18.5 Å². The van der Waals surface area contributed by atoms with Crippen molar-refractivity contribution >= 4 is 17.3 Å². The predicted molar refractivity (Wildman–Crippen MR) is 88.9 cm³/mol. The van der Waals surface area contributed by atoms with Crippen LogP contribution in [0.3, 0.4) is 0 Å². The van der Waals surface area contributed by atoms with Gasteiger partial charge in [0.2, 0.25) is 5.91 Å². The van der Waals surface area contributed by atoms with Gasteiger partial charge in [-0.1, -0.05) is 0 Å². The van der Waals surface area contributed by atoms with E-state index >= 15 is 0 Å². The van der Waals surface area contributed by atoms with Crippen LogP contribution in [0.15, 0.2) is 42.6 Å². The quantitative estimate of drug-likeness (QED) is 0.945. The summed E-state index contributed by atoms with van der Waals surface area (Å²) in [6.07, 6.45) is 3.45. The Hall–Kier alpha value is -2.43. The maximum Gasteiger partial charge on any atom is 0.227 e. The second kappa shape index (κ2) is 6.77. The number of benzene rings is 1. The van der Waals surface area contributed by atoms with E-state index in [4.69, 9.17) is 0 Å². The lowest BCUT2D eigenvalue weighted by atomic mass is 9.95. The maximum atomic E-state index is 12.9. The zero-order valence-electron chi connectivity index (χ0n) is 13.1. The van der Waals surface area contributed by atoms with Gasteiger partial charge in [-0.3, -0.25) is 9.78 Å². The first kappa shape index (κ1) is 15.5. The second-order valence-corrected chi connectivity index (χ2v) is 5.91. The number of amides is 1. The third-order valence-electron chi connectivity index (χ3n) is 4.22. The van der Waals surface area contributed by atoms with E-state index in [2.05, 4.69) is 21.3 Å². The minimum absolute atomic E-state index is 0.000706. The van der Waals surface area contributed by atoms with Gasteiger partial charge < -0.3 is 10.2 Å². The molecule has 0 saturated carbocycles. The van der Waals surface area contributed by atoms with Crippen LogP contribution in [-0.2, 0) is 4.79 Å². The molecule has 0 atom stereocenters. The molecule has 0 radical (unpaired) electrons. The Bertz CT molecular complexity index is 679. The van der Waals surface area contributed by atoms with Crippen molar-refractivity contribution in [3.05, 3.63) is 54.1 Å². The first-order chi connectivity index (χ1) is 11.1.